The summed E-state index contributed by atoms with van der Waals surface area (Å²) in [6.45, 7) is 0. The van der Waals surface area contributed by atoms with E-state index in [2.05, 4.69) is 27.0 Å². The molecule has 0 aliphatic carbocycles. The van der Waals surface area contributed by atoms with Crippen molar-refractivity contribution in [3.8, 4) is 17.6 Å². The molecule has 0 bridgehead atoms. The summed E-state index contributed by atoms with van der Waals surface area (Å²) in [5.41, 5.74) is 9.24. The molecule has 3 N–H and O–H groups in total. The number of aromatic nitrogens is 1. The Morgan fingerprint density at radius 2 is 2.08 bits per heavy atom. The van der Waals surface area contributed by atoms with Crippen LogP contribution in [0.25, 0.3) is 10.9 Å². The third-order valence-corrected chi connectivity index (χ3v) is 4.90. The summed E-state index contributed by atoms with van der Waals surface area (Å²) in [6.07, 6.45) is 1.91. The highest BCUT2D eigenvalue weighted by atomic mass is 79.9. The normalized spacial score (nSPS) is 16.3. The molecule has 25 heavy (non-hydrogen) atoms. The molecule has 6 heteroatoms. The largest absolute Gasteiger partial charge is 0.497 e. The van der Waals surface area contributed by atoms with E-state index in [-0.39, 0.29) is 11.8 Å². The van der Waals surface area contributed by atoms with Gasteiger partial charge in [-0.05, 0) is 42.0 Å². The molecule has 0 saturated carbocycles. The number of nitrogens with one attached hydrogen (secondary N) is 1. The molecule has 0 amide bonds. The first-order valence-corrected chi connectivity index (χ1v) is 8.43. The summed E-state index contributed by atoms with van der Waals surface area (Å²) in [6, 6.07) is 13.7. The fourth-order valence-electron chi connectivity index (χ4n) is 3.24. The van der Waals surface area contributed by atoms with Crippen LogP contribution in [0.15, 0.2) is 58.5 Å². The highest BCUT2D eigenvalue weighted by molar-refractivity contribution is 9.10. The molecule has 1 aromatic heterocycles. The third-order valence-electron chi connectivity index (χ3n) is 4.41. The number of hydrogen-bond acceptors (Lipinski definition) is 4. The maximum absolute atomic E-state index is 9.68. The predicted octanol–water partition coefficient (Wildman–Crippen LogP) is 4.16. The lowest BCUT2D eigenvalue weighted by Crippen LogP contribution is -2.20. The number of nitriles is 1. The van der Waals surface area contributed by atoms with Crippen LogP contribution >= 0.6 is 15.9 Å². The van der Waals surface area contributed by atoms with Gasteiger partial charge in [-0.25, -0.2) is 0 Å². The van der Waals surface area contributed by atoms with Crippen LogP contribution in [0, 0.1) is 11.3 Å². The maximum Gasteiger partial charge on any atom is 0.205 e. The monoisotopic (exact) mass is 395 g/mol. The minimum Gasteiger partial charge on any atom is -0.497 e. The Kier molecular flexibility index (Phi) is 3.66. The molecule has 1 unspecified atom stereocenters. The van der Waals surface area contributed by atoms with Crippen molar-refractivity contribution in [1.82, 2.24) is 4.98 Å². The van der Waals surface area contributed by atoms with Gasteiger partial charge in [0.05, 0.1) is 13.0 Å². The van der Waals surface area contributed by atoms with Crippen LogP contribution in [0.4, 0.5) is 0 Å². The maximum atomic E-state index is 9.68. The molecule has 0 saturated heterocycles. The van der Waals surface area contributed by atoms with E-state index in [1.807, 2.05) is 42.6 Å². The number of ether oxygens (including phenoxy) is 2. The highest BCUT2D eigenvalue weighted by Gasteiger charge is 2.32. The van der Waals surface area contributed by atoms with Gasteiger partial charge in [0, 0.05) is 27.1 Å². The average Bonchev–Trinajstić information content (AvgIpc) is 3.03. The van der Waals surface area contributed by atoms with Gasteiger partial charge in [0.15, 0.2) is 0 Å². The summed E-state index contributed by atoms with van der Waals surface area (Å²) >= 11 is 3.50. The third kappa shape index (κ3) is 2.44. The van der Waals surface area contributed by atoms with Crippen molar-refractivity contribution in [3.05, 3.63) is 69.7 Å². The Bertz CT molecular complexity index is 1060. The minimum absolute atomic E-state index is 0.138. The molecule has 0 spiro atoms. The molecule has 0 fully saturated rings. The number of nitrogens with two attached hydrogens (primary N) is 1. The number of rotatable bonds is 2. The van der Waals surface area contributed by atoms with Gasteiger partial charge in [-0.2, -0.15) is 5.26 Å². The predicted molar refractivity (Wildman–Crippen MR) is 98.3 cm³/mol. The fraction of sp³-hybridized carbons (Fsp3) is 0.105. The van der Waals surface area contributed by atoms with E-state index >= 15 is 0 Å². The van der Waals surface area contributed by atoms with Crippen molar-refractivity contribution in [2.24, 2.45) is 5.73 Å². The first-order valence-electron chi connectivity index (χ1n) is 7.64. The Balaban J connectivity index is 2.00. The lowest BCUT2D eigenvalue weighted by molar-refractivity contribution is 0.394. The van der Waals surface area contributed by atoms with Crippen molar-refractivity contribution in [3.63, 3.8) is 0 Å². The standard InChI is InChI=1S/C19H14BrN3O2/c1-24-11-3-4-16-12(7-11)15(9-23-16)18-13-6-10(20)2-5-17(13)25-19(22)14(18)8-21/h2-7,9,18,23H,22H2,1H3. The van der Waals surface area contributed by atoms with Gasteiger partial charge in [-0.1, -0.05) is 15.9 Å². The summed E-state index contributed by atoms with van der Waals surface area (Å²) in [5.74, 6) is 1.24. The molecule has 5 nitrogen and oxygen atoms in total. The number of hydrogen-bond donors (Lipinski definition) is 2. The van der Waals surface area contributed by atoms with Crippen LogP contribution in [0.5, 0.6) is 11.5 Å². The summed E-state index contributed by atoms with van der Waals surface area (Å²) in [4.78, 5) is 3.26. The zero-order valence-electron chi connectivity index (χ0n) is 13.3. The van der Waals surface area contributed by atoms with Crippen molar-refractivity contribution in [2.75, 3.05) is 7.11 Å². The van der Waals surface area contributed by atoms with Gasteiger partial charge in [-0.3, -0.25) is 0 Å². The van der Waals surface area contributed by atoms with Crippen LogP contribution in [-0.2, 0) is 0 Å². The van der Waals surface area contributed by atoms with Crippen LogP contribution in [0.3, 0.4) is 0 Å². The zero-order valence-corrected chi connectivity index (χ0v) is 14.9. The van der Waals surface area contributed by atoms with Crippen LogP contribution in [0.2, 0.25) is 0 Å². The number of methoxy groups -OCH3 is 1. The molecule has 2 aromatic carbocycles. The number of halogens is 1. The molecule has 2 heterocycles. The van der Waals surface area contributed by atoms with E-state index in [4.69, 9.17) is 15.2 Å². The Morgan fingerprint density at radius 1 is 1.24 bits per heavy atom. The Hall–Kier alpha value is -2.91. The smallest absolute Gasteiger partial charge is 0.205 e. The summed E-state index contributed by atoms with van der Waals surface area (Å²) in [7, 11) is 1.63. The zero-order chi connectivity index (χ0) is 17.6. The van der Waals surface area contributed by atoms with E-state index < -0.39 is 0 Å². The molecule has 4 rings (SSSR count). The molecule has 3 aromatic rings. The second-order valence-corrected chi connectivity index (χ2v) is 6.68. The summed E-state index contributed by atoms with van der Waals surface area (Å²) in [5, 5.41) is 10.7. The van der Waals surface area contributed by atoms with Gasteiger partial charge in [0.25, 0.3) is 0 Å². The fourth-order valence-corrected chi connectivity index (χ4v) is 3.62. The van der Waals surface area contributed by atoms with Gasteiger partial charge in [0.1, 0.15) is 23.1 Å². The number of allylic oxidation sites excluding steroid dienone is 1. The highest BCUT2D eigenvalue weighted by Crippen LogP contribution is 2.45. The Morgan fingerprint density at radius 3 is 2.84 bits per heavy atom. The van der Waals surface area contributed by atoms with Crippen molar-refractivity contribution >= 4 is 26.8 Å². The van der Waals surface area contributed by atoms with Crippen molar-refractivity contribution < 1.29 is 9.47 Å². The SMILES string of the molecule is COc1ccc2[nH]cc(C3C(C#N)=C(N)Oc4ccc(Br)cc43)c2c1. The van der Waals surface area contributed by atoms with Gasteiger partial charge in [-0.15, -0.1) is 0 Å². The molecular weight excluding hydrogens is 382 g/mol. The van der Waals surface area contributed by atoms with E-state index in [1.54, 1.807) is 7.11 Å². The molecule has 1 aliphatic heterocycles. The first kappa shape index (κ1) is 15.6. The lowest BCUT2D eigenvalue weighted by atomic mass is 9.83. The molecular formula is C19H14BrN3O2. The second-order valence-electron chi connectivity index (χ2n) is 5.76. The van der Waals surface area contributed by atoms with Crippen LogP contribution < -0.4 is 15.2 Å². The van der Waals surface area contributed by atoms with E-state index in [0.29, 0.717) is 11.3 Å². The number of benzene rings is 2. The lowest BCUT2D eigenvalue weighted by Gasteiger charge is -2.26. The van der Waals surface area contributed by atoms with Gasteiger partial charge < -0.3 is 20.2 Å². The van der Waals surface area contributed by atoms with Gasteiger partial charge >= 0.3 is 0 Å². The number of nitrogens with zero attached hydrogens (tertiary/aromatic N) is 1. The second kappa shape index (κ2) is 5.87. The number of aromatic amines is 1. The Labute approximate surface area is 152 Å². The van der Waals surface area contributed by atoms with Crippen LogP contribution in [-0.4, -0.2) is 12.1 Å². The van der Waals surface area contributed by atoms with Crippen molar-refractivity contribution in [1.29, 1.82) is 5.26 Å². The molecule has 0 radical (unpaired) electrons. The minimum atomic E-state index is -0.313. The van der Waals surface area contributed by atoms with E-state index in [9.17, 15) is 5.26 Å². The van der Waals surface area contributed by atoms with Gasteiger partial charge in [0.2, 0.25) is 5.88 Å². The summed E-state index contributed by atoms with van der Waals surface area (Å²) < 4.78 is 11.9. The molecule has 124 valence electrons. The average molecular weight is 396 g/mol. The topological polar surface area (TPSA) is 84.1 Å². The van der Waals surface area contributed by atoms with Crippen LogP contribution in [0.1, 0.15) is 17.0 Å². The van der Waals surface area contributed by atoms with E-state index in [0.717, 1.165) is 32.3 Å². The van der Waals surface area contributed by atoms with Crippen molar-refractivity contribution in [2.45, 2.75) is 5.92 Å². The quantitative estimate of drug-likeness (QED) is 0.682. The van der Waals surface area contributed by atoms with E-state index in [1.165, 1.54) is 0 Å². The molecule has 1 aliphatic rings. The number of fused-ring (bicyclic) bond motifs is 2. The number of H-pyrrole nitrogens is 1. The first-order chi connectivity index (χ1) is 12.1. The molecule has 1 atom stereocenters.